The lowest BCUT2D eigenvalue weighted by Gasteiger charge is -2.08. The molecule has 0 bridgehead atoms. The van der Waals surface area contributed by atoms with Gasteiger partial charge in [-0.3, -0.25) is 4.98 Å². The van der Waals surface area contributed by atoms with Crippen molar-refractivity contribution in [3.63, 3.8) is 0 Å². The molecule has 0 atom stereocenters. The van der Waals surface area contributed by atoms with Gasteiger partial charge < -0.3 is 9.84 Å². The quantitative estimate of drug-likeness (QED) is 0.197. The van der Waals surface area contributed by atoms with Crippen LogP contribution in [0.4, 0.5) is 0 Å². The molecule has 0 aliphatic rings. The highest BCUT2D eigenvalue weighted by molar-refractivity contribution is 7.98. The van der Waals surface area contributed by atoms with Gasteiger partial charge in [0, 0.05) is 28.2 Å². The number of carbonyl (C=O) groups is 1. The molecule has 4 nitrogen and oxygen atoms in total. The van der Waals surface area contributed by atoms with E-state index in [1.54, 1.807) is 36.4 Å². The third-order valence-electron chi connectivity index (χ3n) is 4.16. The summed E-state index contributed by atoms with van der Waals surface area (Å²) in [6.07, 6.45) is 1.98. The monoisotopic (exact) mass is 493 g/mol. The zero-order valence-corrected chi connectivity index (χ0v) is 19.3. The Labute approximate surface area is 199 Å². The van der Waals surface area contributed by atoms with Gasteiger partial charge in [0.05, 0.1) is 28.0 Å². The van der Waals surface area contributed by atoms with Gasteiger partial charge in [0.25, 0.3) is 0 Å². The van der Waals surface area contributed by atoms with Gasteiger partial charge in [-0.1, -0.05) is 59.1 Å². The first-order valence-corrected chi connectivity index (χ1v) is 11.4. The van der Waals surface area contributed by atoms with Crippen LogP contribution in [0.1, 0.15) is 17.0 Å². The Hall–Kier alpha value is -2.18. The van der Waals surface area contributed by atoms with Crippen LogP contribution in [0.15, 0.2) is 71.3 Å². The molecule has 0 aliphatic heterocycles. The van der Waals surface area contributed by atoms with Gasteiger partial charge >= 0.3 is 5.97 Å². The molecule has 0 radical (unpaired) electrons. The smallest absolute Gasteiger partial charge is 0.371 e. The van der Waals surface area contributed by atoms with Crippen LogP contribution in [-0.4, -0.2) is 22.7 Å². The van der Waals surface area contributed by atoms with Crippen LogP contribution in [0.25, 0.3) is 6.08 Å². The van der Waals surface area contributed by atoms with E-state index in [1.807, 2.05) is 24.3 Å². The van der Waals surface area contributed by atoms with E-state index in [2.05, 4.69) is 4.98 Å². The number of ether oxygens (including phenoxy) is 1. The molecular weight excluding hydrogens is 477 g/mol. The number of aromatic nitrogens is 1. The second-order valence-electron chi connectivity index (χ2n) is 6.43. The van der Waals surface area contributed by atoms with Crippen LogP contribution in [0.3, 0.4) is 0 Å². The van der Waals surface area contributed by atoms with E-state index in [0.717, 1.165) is 16.2 Å². The standard InChI is InChI=1S/C23H18Cl3NO3S/c24-16-9-7-15(8-10-16)11-12-30-21(23(28)29)13-17-3-1-4-18(27-17)14-31-22-19(25)5-2-6-20(22)26/h1-10,13H,11-12,14H2,(H,28,29)/b21-13+. The fourth-order valence-electron chi connectivity index (χ4n) is 2.65. The third kappa shape index (κ3) is 7.18. The second-order valence-corrected chi connectivity index (χ2v) is 8.67. The maximum absolute atomic E-state index is 11.6. The number of pyridine rings is 1. The predicted octanol–water partition coefficient (Wildman–Crippen LogP) is 7.02. The number of carboxylic acids is 1. The number of hydrogen-bond donors (Lipinski definition) is 1. The van der Waals surface area contributed by atoms with E-state index in [1.165, 1.54) is 17.8 Å². The molecule has 2 aromatic carbocycles. The van der Waals surface area contributed by atoms with Gasteiger partial charge in [-0.15, -0.1) is 11.8 Å². The number of nitrogens with zero attached hydrogens (tertiary/aromatic N) is 1. The molecule has 0 saturated heterocycles. The molecule has 0 saturated carbocycles. The average molecular weight is 495 g/mol. The van der Waals surface area contributed by atoms with Crippen molar-refractivity contribution in [2.24, 2.45) is 0 Å². The molecular formula is C23H18Cl3NO3S. The fraction of sp³-hybridized carbons (Fsp3) is 0.130. The molecule has 1 aromatic heterocycles. The number of hydrogen-bond acceptors (Lipinski definition) is 4. The van der Waals surface area contributed by atoms with E-state index in [9.17, 15) is 9.90 Å². The second kappa shape index (κ2) is 11.4. The first-order valence-electron chi connectivity index (χ1n) is 9.27. The number of rotatable bonds is 9. The van der Waals surface area contributed by atoms with Gasteiger partial charge in [-0.25, -0.2) is 4.79 Å². The summed E-state index contributed by atoms with van der Waals surface area (Å²) < 4.78 is 5.49. The summed E-state index contributed by atoms with van der Waals surface area (Å²) in [5.74, 6) is -0.786. The van der Waals surface area contributed by atoms with Crippen LogP contribution in [-0.2, 0) is 21.7 Å². The molecule has 0 amide bonds. The highest BCUT2D eigenvalue weighted by atomic mass is 35.5. The Morgan fingerprint density at radius 3 is 2.35 bits per heavy atom. The molecule has 1 N–H and O–H groups in total. The molecule has 0 unspecified atom stereocenters. The summed E-state index contributed by atoms with van der Waals surface area (Å²) in [7, 11) is 0. The van der Waals surface area contributed by atoms with Gasteiger partial charge in [0.15, 0.2) is 0 Å². The topological polar surface area (TPSA) is 59.4 Å². The van der Waals surface area contributed by atoms with Crippen molar-refractivity contribution in [3.8, 4) is 0 Å². The molecule has 160 valence electrons. The van der Waals surface area contributed by atoms with Gasteiger partial charge in [-0.05, 0) is 42.0 Å². The van der Waals surface area contributed by atoms with E-state index in [-0.39, 0.29) is 12.4 Å². The van der Waals surface area contributed by atoms with Crippen LogP contribution in [0.5, 0.6) is 0 Å². The van der Waals surface area contributed by atoms with Gasteiger partial charge in [0.2, 0.25) is 5.76 Å². The minimum Gasteiger partial charge on any atom is -0.486 e. The number of benzene rings is 2. The lowest BCUT2D eigenvalue weighted by molar-refractivity contribution is -0.136. The highest BCUT2D eigenvalue weighted by Gasteiger charge is 2.11. The van der Waals surface area contributed by atoms with Crippen molar-refractivity contribution in [2.45, 2.75) is 17.1 Å². The van der Waals surface area contributed by atoms with Crippen LogP contribution >= 0.6 is 46.6 Å². The Kier molecular flexibility index (Phi) is 8.67. The maximum atomic E-state index is 11.6. The fourth-order valence-corrected chi connectivity index (χ4v) is 4.37. The van der Waals surface area contributed by atoms with E-state index >= 15 is 0 Å². The normalized spacial score (nSPS) is 11.4. The number of thioether (sulfide) groups is 1. The molecule has 1 heterocycles. The SMILES string of the molecule is O=C(O)/C(=C\c1cccc(CSc2c(Cl)cccc2Cl)n1)OCCc1ccc(Cl)cc1. The summed E-state index contributed by atoms with van der Waals surface area (Å²) in [6, 6.07) is 18.1. The molecule has 0 spiro atoms. The van der Waals surface area contributed by atoms with E-state index in [4.69, 9.17) is 39.5 Å². The summed E-state index contributed by atoms with van der Waals surface area (Å²) in [4.78, 5) is 16.9. The maximum Gasteiger partial charge on any atom is 0.371 e. The molecule has 3 aromatic rings. The lowest BCUT2D eigenvalue weighted by atomic mass is 10.2. The van der Waals surface area contributed by atoms with E-state index < -0.39 is 5.97 Å². The Bertz CT molecular complexity index is 1070. The number of halogens is 3. The molecule has 0 fully saturated rings. The average Bonchev–Trinajstić information content (AvgIpc) is 2.74. The number of carboxylic acid groups (broad SMARTS) is 1. The van der Waals surface area contributed by atoms with Gasteiger partial charge in [-0.2, -0.15) is 0 Å². The first kappa shape index (κ1) is 23.5. The van der Waals surface area contributed by atoms with Gasteiger partial charge in [0.1, 0.15) is 0 Å². The highest BCUT2D eigenvalue weighted by Crippen LogP contribution is 2.35. The van der Waals surface area contributed by atoms with Crippen molar-refractivity contribution >= 4 is 58.6 Å². The van der Waals surface area contributed by atoms with E-state index in [0.29, 0.717) is 32.9 Å². The molecule has 0 aliphatic carbocycles. The minimum atomic E-state index is -1.15. The van der Waals surface area contributed by atoms with Crippen molar-refractivity contribution in [3.05, 3.63) is 98.4 Å². The zero-order chi connectivity index (χ0) is 22.2. The van der Waals surface area contributed by atoms with Crippen molar-refractivity contribution in [1.82, 2.24) is 4.98 Å². The zero-order valence-electron chi connectivity index (χ0n) is 16.2. The van der Waals surface area contributed by atoms with Crippen molar-refractivity contribution < 1.29 is 14.6 Å². The van der Waals surface area contributed by atoms with Crippen molar-refractivity contribution in [2.75, 3.05) is 6.61 Å². The summed E-state index contributed by atoms with van der Waals surface area (Å²) in [6.45, 7) is 0.223. The summed E-state index contributed by atoms with van der Waals surface area (Å²) >= 11 is 19.8. The Morgan fingerprint density at radius 1 is 1.00 bits per heavy atom. The predicted molar refractivity (Wildman–Crippen MR) is 127 cm³/mol. The lowest BCUT2D eigenvalue weighted by Crippen LogP contribution is -2.08. The van der Waals surface area contributed by atoms with Crippen LogP contribution < -0.4 is 0 Å². The third-order valence-corrected chi connectivity index (χ3v) is 6.44. The summed E-state index contributed by atoms with van der Waals surface area (Å²) in [5, 5.41) is 11.3. The summed E-state index contributed by atoms with van der Waals surface area (Å²) in [5.41, 5.74) is 2.26. The molecule has 31 heavy (non-hydrogen) atoms. The van der Waals surface area contributed by atoms with Crippen LogP contribution in [0.2, 0.25) is 15.1 Å². The molecule has 3 rings (SSSR count). The Morgan fingerprint density at radius 2 is 1.68 bits per heavy atom. The first-order chi connectivity index (χ1) is 14.9. The van der Waals surface area contributed by atoms with Crippen LogP contribution in [0, 0.1) is 0 Å². The van der Waals surface area contributed by atoms with Crippen molar-refractivity contribution in [1.29, 1.82) is 0 Å². The number of aliphatic carboxylic acids is 1. The Balaban J connectivity index is 1.65. The minimum absolute atomic E-state index is 0.166. The largest absolute Gasteiger partial charge is 0.486 e. The molecule has 8 heteroatoms.